The Labute approximate surface area is 102 Å². The highest BCUT2D eigenvalue weighted by Crippen LogP contribution is 2.43. The maximum absolute atomic E-state index is 14.6. The van der Waals surface area contributed by atoms with Crippen molar-refractivity contribution in [3.8, 4) is 0 Å². The van der Waals surface area contributed by atoms with Crippen LogP contribution in [0.1, 0.15) is 36.0 Å². The summed E-state index contributed by atoms with van der Waals surface area (Å²) in [5, 5.41) is 0. The maximum atomic E-state index is 14.6. The lowest BCUT2D eigenvalue weighted by atomic mass is 9.90. The Kier molecular flexibility index (Phi) is 2.70. The summed E-state index contributed by atoms with van der Waals surface area (Å²) in [6.07, 6.45) is 6.13. The molecule has 2 N–H and O–H groups in total. The van der Waals surface area contributed by atoms with Gasteiger partial charge in [0.2, 0.25) is 0 Å². The molecule has 0 aliphatic heterocycles. The average Bonchev–Trinajstić information content (AvgIpc) is 3.09. The number of benzene rings is 1. The van der Waals surface area contributed by atoms with Crippen LogP contribution in [0.2, 0.25) is 0 Å². The Hall–Kier alpha value is -0.890. The summed E-state index contributed by atoms with van der Waals surface area (Å²) in [4.78, 5) is 0. The Morgan fingerprint density at radius 3 is 2.71 bits per heavy atom. The lowest BCUT2D eigenvalue weighted by Crippen LogP contribution is -2.37. The highest BCUT2D eigenvalue weighted by Gasteiger charge is 2.44. The first kappa shape index (κ1) is 11.2. The molecule has 3 rings (SSSR count). The molecule has 17 heavy (non-hydrogen) atoms. The second-order valence-electron chi connectivity index (χ2n) is 5.65. The fraction of sp³-hybridized carbons (Fsp3) is 0.600. The van der Waals surface area contributed by atoms with Gasteiger partial charge < -0.3 is 5.73 Å². The Bertz CT molecular complexity index is 425. The number of hydrogen-bond acceptors (Lipinski definition) is 1. The molecule has 1 saturated carbocycles. The Morgan fingerprint density at radius 2 is 2.00 bits per heavy atom. The van der Waals surface area contributed by atoms with Crippen molar-refractivity contribution < 1.29 is 4.39 Å². The zero-order valence-corrected chi connectivity index (χ0v) is 10.2. The smallest absolute Gasteiger partial charge is 0.130 e. The first-order chi connectivity index (χ1) is 8.21. The van der Waals surface area contributed by atoms with Crippen molar-refractivity contribution in [3.05, 3.63) is 34.9 Å². The zero-order valence-electron chi connectivity index (χ0n) is 10.2. The van der Waals surface area contributed by atoms with E-state index in [4.69, 9.17) is 5.73 Å². The summed E-state index contributed by atoms with van der Waals surface area (Å²) in [5.74, 6) is 0.209. The summed E-state index contributed by atoms with van der Waals surface area (Å²) in [5.41, 5.74) is 8.49. The largest absolute Gasteiger partial charge is 0.328 e. The SMILES string of the molecule is NCC(F)(Cc1ccc2c(c1)CCC2)C1CC1. The standard InChI is InChI=1S/C15H20FN/c16-15(10-17,14-6-7-14)9-11-4-5-12-2-1-3-13(12)8-11/h4-5,8,14H,1-3,6-7,9-10,17H2. The molecular weight excluding hydrogens is 213 g/mol. The highest BCUT2D eigenvalue weighted by atomic mass is 19.1. The van der Waals surface area contributed by atoms with Crippen molar-refractivity contribution in [2.45, 2.75) is 44.2 Å². The van der Waals surface area contributed by atoms with Gasteiger partial charge in [-0.2, -0.15) is 0 Å². The van der Waals surface area contributed by atoms with E-state index in [1.807, 2.05) is 0 Å². The van der Waals surface area contributed by atoms with E-state index in [0.29, 0.717) is 6.42 Å². The molecule has 1 unspecified atom stereocenters. The van der Waals surface area contributed by atoms with Crippen LogP contribution in [0.3, 0.4) is 0 Å². The Morgan fingerprint density at radius 1 is 1.24 bits per heavy atom. The second-order valence-corrected chi connectivity index (χ2v) is 5.65. The molecule has 1 aromatic carbocycles. The van der Waals surface area contributed by atoms with Gasteiger partial charge in [0.1, 0.15) is 5.67 Å². The molecule has 0 bridgehead atoms. The number of aryl methyl sites for hydroxylation is 2. The lowest BCUT2D eigenvalue weighted by Gasteiger charge is -2.23. The van der Waals surface area contributed by atoms with Crippen molar-refractivity contribution >= 4 is 0 Å². The van der Waals surface area contributed by atoms with Crippen molar-refractivity contribution in [1.82, 2.24) is 0 Å². The molecule has 0 amide bonds. The molecule has 0 saturated heterocycles. The van der Waals surface area contributed by atoms with Crippen LogP contribution in [0, 0.1) is 5.92 Å². The molecule has 2 aliphatic carbocycles. The predicted molar refractivity (Wildman–Crippen MR) is 67.8 cm³/mol. The van der Waals surface area contributed by atoms with Crippen LogP contribution >= 0.6 is 0 Å². The molecule has 1 fully saturated rings. The van der Waals surface area contributed by atoms with Crippen LogP contribution in [0.5, 0.6) is 0 Å². The van der Waals surface area contributed by atoms with Gasteiger partial charge >= 0.3 is 0 Å². The van der Waals surface area contributed by atoms with Crippen LogP contribution in [-0.4, -0.2) is 12.2 Å². The van der Waals surface area contributed by atoms with E-state index < -0.39 is 5.67 Å². The summed E-state index contributed by atoms with van der Waals surface area (Å²) in [7, 11) is 0. The van der Waals surface area contributed by atoms with Gasteiger partial charge in [0, 0.05) is 13.0 Å². The number of fused-ring (bicyclic) bond motifs is 1. The van der Waals surface area contributed by atoms with E-state index in [1.54, 1.807) is 0 Å². The first-order valence-corrected chi connectivity index (χ1v) is 6.71. The monoisotopic (exact) mass is 233 g/mol. The zero-order chi connectivity index (χ0) is 11.9. The van der Waals surface area contributed by atoms with E-state index in [0.717, 1.165) is 24.8 Å². The van der Waals surface area contributed by atoms with Gasteiger partial charge in [0.05, 0.1) is 0 Å². The second kappa shape index (κ2) is 4.09. The summed E-state index contributed by atoms with van der Waals surface area (Å²) in [6.45, 7) is 0.161. The molecule has 2 heteroatoms. The van der Waals surface area contributed by atoms with Crippen molar-refractivity contribution in [2.75, 3.05) is 6.54 Å². The molecule has 0 aromatic heterocycles. The number of hydrogen-bond donors (Lipinski definition) is 1. The van der Waals surface area contributed by atoms with Crippen LogP contribution in [0.25, 0.3) is 0 Å². The molecular formula is C15H20FN. The van der Waals surface area contributed by atoms with Gasteiger partial charge in [0.15, 0.2) is 0 Å². The molecule has 1 aromatic rings. The van der Waals surface area contributed by atoms with Gasteiger partial charge in [-0.1, -0.05) is 18.2 Å². The van der Waals surface area contributed by atoms with Crippen molar-refractivity contribution in [3.63, 3.8) is 0 Å². The third-order valence-electron chi connectivity index (χ3n) is 4.31. The van der Waals surface area contributed by atoms with Gasteiger partial charge in [-0.3, -0.25) is 0 Å². The van der Waals surface area contributed by atoms with Gasteiger partial charge in [0.25, 0.3) is 0 Å². The van der Waals surface area contributed by atoms with Gasteiger partial charge in [-0.15, -0.1) is 0 Å². The molecule has 1 atom stereocenters. The van der Waals surface area contributed by atoms with Crippen LogP contribution < -0.4 is 5.73 Å². The normalized spacial score (nSPS) is 22.2. The number of nitrogens with two attached hydrogens (primary N) is 1. The minimum absolute atomic E-state index is 0.161. The topological polar surface area (TPSA) is 26.0 Å². The Balaban J connectivity index is 1.80. The summed E-state index contributed by atoms with van der Waals surface area (Å²) < 4.78 is 14.6. The molecule has 2 aliphatic rings. The van der Waals surface area contributed by atoms with Gasteiger partial charge in [-0.05, 0) is 54.7 Å². The average molecular weight is 233 g/mol. The summed E-state index contributed by atoms with van der Waals surface area (Å²) in [6, 6.07) is 6.48. The first-order valence-electron chi connectivity index (χ1n) is 6.71. The van der Waals surface area contributed by atoms with Crippen molar-refractivity contribution in [1.29, 1.82) is 0 Å². The van der Waals surface area contributed by atoms with E-state index in [2.05, 4.69) is 18.2 Å². The molecule has 0 radical (unpaired) electrons. The number of alkyl halides is 1. The fourth-order valence-corrected chi connectivity index (χ4v) is 3.06. The van der Waals surface area contributed by atoms with E-state index in [1.165, 1.54) is 24.0 Å². The third kappa shape index (κ3) is 2.11. The maximum Gasteiger partial charge on any atom is 0.130 e. The highest BCUT2D eigenvalue weighted by molar-refractivity contribution is 5.36. The lowest BCUT2D eigenvalue weighted by molar-refractivity contribution is 0.142. The molecule has 0 spiro atoms. The van der Waals surface area contributed by atoms with Crippen molar-refractivity contribution in [2.24, 2.45) is 11.7 Å². The number of halogens is 1. The predicted octanol–water partition coefficient (Wildman–Crippen LogP) is 2.79. The minimum atomic E-state index is -1.16. The molecule has 92 valence electrons. The van der Waals surface area contributed by atoms with E-state index >= 15 is 0 Å². The van der Waals surface area contributed by atoms with Gasteiger partial charge in [-0.25, -0.2) is 4.39 Å². The molecule has 1 nitrogen and oxygen atoms in total. The van der Waals surface area contributed by atoms with E-state index in [-0.39, 0.29) is 12.5 Å². The van der Waals surface area contributed by atoms with Crippen LogP contribution in [0.4, 0.5) is 4.39 Å². The van der Waals surface area contributed by atoms with Crippen LogP contribution in [0.15, 0.2) is 18.2 Å². The fourth-order valence-electron chi connectivity index (χ4n) is 3.06. The van der Waals surface area contributed by atoms with E-state index in [9.17, 15) is 4.39 Å². The minimum Gasteiger partial charge on any atom is -0.328 e. The van der Waals surface area contributed by atoms with Crippen LogP contribution in [-0.2, 0) is 19.3 Å². The number of rotatable bonds is 4. The quantitative estimate of drug-likeness (QED) is 0.850. The molecule has 0 heterocycles. The summed E-state index contributed by atoms with van der Waals surface area (Å²) >= 11 is 0. The third-order valence-corrected chi connectivity index (χ3v) is 4.31.